The number of rotatable bonds is 10. The predicted octanol–water partition coefficient (Wildman–Crippen LogP) is 9.41. The Morgan fingerprint density at radius 2 is 1.71 bits per heavy atom. The lowest BCUT2D eigenvalue weighted by Gasteiger charge is -2.28. The minimum absolute atomic E-state index is 0.0154. The largest absolute Gasteiger partial charge is 0.459 e. The molecule has 4 rings (SSSR count). The van der Waals surface area contributed by atoms with Gasteiger partial charge in [0.25, 0.3) is 0 Å². The van der Waals surface area contributed by atoms with Gasteiger partial charge in [0.1, 0.15) is 11.9 Å². The van der Waals surface area contributed by atoms with E-state index in [0.717, 1.165) is 55.6 Å². The number of carbonyl (C=O) groups excluding carboxylic acids is 1. The maximum absolute atomic E-state index is 14.8. The third-order valence-electron chi connectivity index (χ3n) is 7.62. The fraction of sp³-hybridized carbons (Fsp3) is 0.343. The van der Waals surface area contributed by atoms with Crippen LogP contribution in [0.4, 0.5) is 4.39 Å². The number of ether oxygens (including phenoxy) is 1. The Labute approximate surface area is 227 Å². The minimum Gasteiger partial charge on any atom is -0.459 e. The molecule has 0 amide bonds. The van der Waals surface area contributed by atoms with Crippen molar-refractivity contribution >= 4 is 18.1 Å². The zero-order chi connectivity index (χ0) is 26.7. The maximum atomic E-state index is 14.8. The van der Waals surface area contributed by atoms with Crippen molar-refractivity contribution < 1.29 is 13.9 Å². The van der Waals surface area contributed by atoms with Crippen molar-refractivity contribution in [3.8, 4) is 0 Å². The highest BCUT2D eigenvalue weighted by molar-refractivity contribution is 5.90. The van der Waals surface area contributed by atoms with E-state index in [0.29, 0.717) is 17.0 Å². The van der Waals surface area contributed by atoms with E-state index < -0.39 is 0 Å². The first-order chi connectivity index (χ1) is 18.5. The van der Waals surface area contributed by atoms with Crippen LogP contribution in [0, 0.1) is 11.7 Å². The Morgan fingerprint density at radius 3 is 2.39 bits per heavy atom. The van der Waals surface area contributed by atoms with E-state index in [9.17, 15) is 9.18 Å². The van der Waals surface area contributed by atoms with Crippen LogP contribution in [0.2, 0.25) is 0 Å². The lowest BCUT2D eigenvalue weighted by Crippen LogP contribution is -2.24. The van der Waals surface area contributed by atoms with Crippen LogP contribution in [0.5, 0.6) is 0 Å². The third-order valence-corrected chi connectivity index (χ3v) is 7.62. The van der Waals surface area contributed by atoms with E-state index in [1.54, 1.807) is 24.3 Å². The highest BCUT2D eigenvalue weighted by atomic mass is 19.1. The zero-order valence-corrected chi connectivity index (χ0v) is 22.6. The monoisotopic (exact) mass is 510 g/mol. The van der Waals surface area contributed by atoms with E-state index in [-0.39, 0.29) is 17.9 Å². The normalized spacial score (nSPS) is 18.6. The lowest BCUT2D eigenvalue weighted by molar-refractivity contribution is 0.0162. The summed E-state index contributed by atoms with van der Waals surface area (Å²) >= 11 is 0. The fourth-order valence-electron chi connectivity index (χ4n) is 5.26. The number of esters is 1. The number of carbonyl (C=O) groups is 1. The molecular weight excluding hydrogens is 471 g/mol. The molecule has 1 aliphatic rings. The van der Waals surface area contributed by atoms with Gasteiger partial charge in [0.05, 0.1) is 5.56 Å². The van der Waals surface area contributed by atoms with Gasteiger partial charge in [-0.1, -0.05) is 85.8 Å². The first-order valence-corrected chi connectivity index (χ1v) is 14.0. The molecule has 0 N–H and O–H groups in total. The summed E-state index contributed by atoms with van der Waals surface area (Å²) in [7, 11) is 0. The molecule has 1 saturated carbocycles. The molecule has 3 aromatic carbocycles. The number of benzene rings is 3. The molecule has 1 aliphatic carbocycles. The van der Waals surface area contributed by atoms with Crippen LogP contribution in [0.1, 0.15) is 90.9 Å². The molecule has 3 aromatic rings. The molecule has 2 nitrogen and oxygen atoms in total. The van der Waals surface area contributed by atoms with Crippen LogP contribution < -0.4 is 0 Å². The van der Waals surface area contributed by atoms with Gasteiger partial charge in [-0.2, -0.15) is 0 Å². The number of hydrogen-bond acceptors (Lipinski definition) is 2. The third kappa shape index (κ3) is 8.02. The van der Waals surface area contributed by atoms with Gasteiger partial charge >= 0.3 is 5.97 Å². The first kappa shape index (κ1) is 27.6. The van der Waals surface area contributed by atoms with Gasteiger partial charge in [-0.05, 0) is 98.6 Å². The van der Waals surface area contributed by atoms with Gasteiger partial charge in [-0.15, -0.1) is 0 Å². The van der Waals surface area contributed by atoms with Crippen molar-refractivity contribution in [1.29, 1.82) is 0 Å². The van der Waals surface area contributed by atoms with Crippen LogP contribution in [0.25, 0.3) is 12.2 Å². The molecule has 1 fully saturated rings. The summed E-state index contributed by atoms with van der Waals surface area (Å²) in [4.78, 5) is 12.6. The van der Waals surface area contributed by atoms with Gasteiger partial charge in [0.2, 0.25) is 0 Å². The summed E-state index contributed by atoms with van der Waals surface area (Å²) in [5.41, 5.74) is 4.25. The molecule has 38 heavy (non-hydrogen) atoms. The molecule has 0 bridgehead atoms. The fourth-order valence-corrected chi connectivity index (χ4v) is 5.26. The minimum atomic E-state index is -0.260. The second kappa shape index (κ2) is 13.9. The molecule has 0 spiro atoms. The number of halogens is 1. The van der Waals surface area contributed by atoms with Crippen LogP contribution >= 0.6 is 0 Å². The summed E-state index contributed by atoms with van der Waals surface area (Å²) in [5, 5.41) is 0. The Balaban J connectivity index is 1.27. The van der Waals surface area contributed by atoms with E-state index in [4.69, 9.17) is 4.74 Å². The average Bonchev–Trinajstić information content (AvgIpc) is 2.94. The Morgan fingerprint density at radius 1 is 0.974 bits per heavy atom. The van der Waals surface area contributed by atoms with Gasteiger partial charge < -0.3 is 4.74 Å². The molecule has 0 saturated heterocycles. The van der Waals surface area contributed by atoms with Crippen molar-refractivity contribution in [2.75, 3.05) is 0 Å². The van der Waals surface area contributed by atoms with Gasteiger partial charge in [-0.3, -0.25) is 0 Å². The van der Waals surface area contributed by atoms with Gasteiger partial charge in [0.15, 0.2) is 0 Å². The lowest BCUT2D eigenvalue weighted by atomic mass is 9.84. The molecule has 1 atom stereocenters. The van der Waals surface area contributed by atoms with Gasteiger partial charge in [-0.25, -0.2) is 9.18 Å². The molecule has 0 radical (unpaired) electrons. The molecular formula is C35H39FO2. The van der Waals surface area contributed by atoms with Crippen molar-refractivity contribution in [3.63, 3.8) is 0 Å². The molecule has 0 unspecified atom stereocenters. The topological polar surface area (TPSA) is 26.3 Å². The SMILES string of the molecule is CC=CCCC1CCC(OC(=O)c2ccc(C=Cc3ccc(C[C@@H](C)c4ccccc4)cc3F)cc2)CC1. The van der Waals surface area contributed by atoms with E-state index in [1.165, 1.54) is 12.0 Å². The second-order valence-corrected chi connectivity index (χ2v) is 10.5. The van der Waals surface area contributed by atoms with Crippen molar-refractivity contribution in [2.45, 2.75) is 70.8 Å². The van der Waals surface area contributed by atoms with E-state index in [2.05, 4.69) is 38.1 Å². The van der Waals surface area contributed by atoms with E-state index in [1.807, 2.05) is 48.5 Å². The maximum Gasteiger partial charge on any atom is 0.338 e. The highest BCUT2D eigenvalue weighted by Gasteiger charge is 2.24. The van der Waals surface area contributed by atoms with E-state index >= 15 is 0 Å². The summed E-state index contributed by atoms with van der Waals surface area (Å²) in [5.74, 6) is 0.580. The first-order valence-electron chi connectivity index (χ1n) is 14.0. The van der Waals surface area contributed by atoms with Crippen molar-refractivity contribution in [2.24, 2.45) is 5.92 Å². The van der Waals surface area contributed by atoms with Crippen LogP contribution in [-0.4, -0.2) is 12.1 Å². The van der Waals surface area contributed by atoms with Crippen LogP contribution in [-0.2, 0) is 11.2 Å². The standard InChI is InChI=1S/C35H39FO2/c1-3-4-6-9-27-16-22-33(23-17-27)38-35(37)32-20-13-28(14-21-32)12-18-31-19-15-29(25-34(31)36)24-26(2)30-10-7-5-8-11-30/h3-5,7-8,10-15,18-21,25-27,33H,6,9,16-17,22-24H2,1-2H3/t26-,27?,33?/m1/s1. The smallest absolute Gasteiger partial charge is 0.338 e. The van der Waals surface area contributed by atoms with Crippen LogP contribution in [0.3, 0.4) is 0 Å². The number of hydrogen-bond donors (Lipinski definition) is 0. The average molecular weight is 511 g/mol. The van der Waals surface area contributed by atoms with Gasteiger partial charge in [0, 0.05) is 5.56 Å². The Bertz CT molecular complexity index is 1220. The Hall–Kier alpha value is -3.46. The summed E-state index contributed by atoms with van der Waals surface area (Å²) < 4.78 is 20.6. The molecule has 198 valence electrons. The van der Waals surface area contributed by atoms with Crippen molar-refractivity contribution in [3.05, 3.63) is 119 Å². The van der Waals surface area contributed by atoms with Crippen LogP contribution in [0.15, 0.2) is 84.9 Å². The quantitative estimate of drug-likeness (QED) is 0.154. The summed E-state index contributed by atoms with van der Waals surface area (Å²) in [6.45, 7) is 4.23. The second-order valence-electron chi connectivity index (χ2n) is 10.5. The summed E-state index contributed by atoms with van der Waals surface area (Å²) in [6.07, 6.45) is 15.3. The van der Waals surface area contributed by atoms with Crippen molar-refractivity contribution in [1.82, 2.24) is 0 Å². The molecule has 0 aromatic heterocycles. The molecule has 0 heterocycles. The number of allylic oxidation sites excluding steroid dienone is 2. The Kier molecular flexibility index (Phi) is 10.1. The highest BCUT2D eigenvalue weighted by Crippen LogP contribution is 2.30. The molecule has 3 heteroatoms. The molecule has 0 aliphatic heterocycles. The summed E-state index contributed by atoms with van der Waals surface area (Å²) in [6, 6.07) is 23.1. The predicted molar refractivity (Wildman–Crippen MR) is 156 cm³/mol. The zero-order valence-electron chi connectivity index (χ0n) is 22.6.